The minimum atomic E-state index is -0.403. The van der Waals surface area contributed by atoms with E-state index < -0.39 is 5.91 Å². The average Bonchev–Trinajstić information content (AvgIpc) is 2.85. The van der Waals surface area contributed by atoms with Crippen LogP contribution in [-0.4, -0.2) is 41.8 Å². The first-order valence-corrected chi connectivity index (χ1v) is 6.16. The molecule has 1 aromatic carbocycles. The van der Waals surface area contributed by atoms with Gasteiger partial charge >= 0.3 is 0 Å². The van der Waals surface area contributed by atoms with Gasteiger partial charge in [0.1, 0.15) is 0 Å². The highest BCUT2D eigenvalue weighted by molar-refractivity contribution is 5.96. The SMILES string of the molecule is CN(C)C[C@H](NC(=O)c1nonc1N)c1ccccc1. The Bertz CT molecular complexity index is 567. The average molecular weight is 275 g/mol. The fraction of sp³-hybridized carbons (Fsp3) is 0.308. The van der Waals surface area contributed by atoms with Crippen molar-refractivity contribution in [3.63, 3.8) is 0 Å². The van der Waals surface area contributed by atoms with Gasteiger partial charge in [-0.1, -0.05) is 30.3 Å². The number of nitrogens with zero attached hydrogens (tertiary/aromatic N) is 3. The fourth-order valence-corrected chi connectivity index (χ4v) is 1.86. The number of hydrogen-bond donors (Lipinski definition) is 2. The van der Waals surface area contributed by atoms with E-state index in [9.17, 15) is 4.79 Å². The van der Waals surface area contributed by atoms with Crippen LogP contribution < -0.4 is 11.1 Å². The van der Waals surface area contributed by atoms with Gasteiger partial charge in [0, 0.05) is 6.54 Å². The number of likely N-dealkylation sites (N-methyl/N-ethyl adjacent to an activating group) is 1. The van der Waals surface area contributed by atoms with Crippen LogP contribution >= 0.6 is 0 Å². The number of carbonyl (C=O) groups is 1. The Labute approximate surface area is 116 Å². The summed E-state index contributed by atoms with van der Waals surface area (Å²) in [4.78, 5) is 14.1. The minimum absolute atomic E-state index is 0.00434. The maximum absolute atomic E-state index is 12.1. The highest BCUT2D eigenvalue weighted by Crippen LogP contribution is 2.15. The van der Waals surface area contributed by atoms with Gasteiger partial charge in [0.2, 0.25) is 11.5 Å². The summed E-state index contributed by atoms with van der Waals surface area (Å²) in [6.45, 7) is 0.654. The number of benzene rings is 1. The van der Waals surface area contributed by atoms with Crippen molar-refractivity contribution in [2.45, 2.75) is 6.04 Å². The molecular weight excluding hydrogens is 258 g/mol. The molecular formula is C13H17N5O2. The molecule has 0 spiro atoms. The Morgan fingerprint density at radius 1 is 1.35 bits per heavy atom. The van der Waals surface area contributed by atoms with E-state index in [0.717, 1.165) is 5.56 Å². The molecule has 7 heteroatoms. The van der Waals surface area contributed by atoms with E-state index in [1.807, 2.05) is 49.3 Å². The first kappa shape index (κ1) is 14.0. The normalized spacial score (nSPS) is 12.3. The summed E-state index contributed by atoms with van der Waals surface area (Å²) in [5.41, 5.74) is 6.53. The first-order chi connectivity index (χ1) is 9.58. The van der Waals surface area contributed by atoms with Crippen LogP contribution in [0.15, 0.2) is 35.0 Å². The van der Waals surface area contributed by atoms with E-state index in [1.54, 1.807) is 0 Å². The Kier molecular flexibility index (Phi) is 4.31. The maximum Gasteiger partial charge on any atom is 0.277 e. The van der Waals surface area contributed by atoms with Gasteiger partial charge in [-0.05, 0) is 30.0 Å². The molecule has 0 saturated heterocycles. The number of amides is 1. The first-order valence-electron chi connectivity index (χ1n) is 6.16. The molecule has 1 atom stereocenters. The summed E-state index contributed by atoms with van der Waals surface area (Å²) in [6, 6.07) is 9.52. The molecule has 0 aliphatic carbocycles. The minimum Gasteiger partial charge on any atom is -0.379 e. The molecule has 0 unspecified atom stereocenters. The van der Waals surface area contributed by atoms with Gasteiger partial charge in [-0.15, -0.1) is 0 Å². The van der Waals surface area contributed by atoms with Crippen LogP contribution in [0.1, 0.15) is 22.1 Å². The van der Waals surface area contributed by atoms with Crippen molar-refractivity contribution < 1.29 is 9.42 Å². The maximum atomic E-state index is 12.1. The molecule has 2 rings (SSSR count). The number of carbonyl (C=O) groups excluding carboxylic acids is 1. The highest BCUT2D eigenvalue weighted by atomic mass is 16.6. The number of nitrogens with one attached hydrogen (secondary N) is 1. The molecule has 3 N–H and O–H groups in total. The van der Waals surface area contributed by atoms with Crippen molar-refractivity contribution in [3.8, 4) is 0 Å². The third-order valence-corrected chi connectivity index (χ3v) is 2.78. The molecule has 0 radical (unpaired) electrons. The van der Waals surface area contributed by atoms with Crippen molar-refractivity contribution in [2.75, 3.05) is 26.4 Å². The summed E-state index contributed by atoms with van der Waals surface area (Å²) < 4.78 is 4.44. The molecule has 20 heavy (non-hydrogen) atoms. The van der Waals surface area contributed by atoms with Crippen LogP contribution in [0, 0.1) is 0 Å². The zero-order valence-corrected chi connectivity index (χ0v) is 11.4. The second-order valence-corrected chi connectivity index (χ2v) is 4.70. The van der Waals surface area contributed by atoms with Gasteiger partial charge in [-0.3, -0.25) is 4.79 Å². The van der Waals surface area contributed by atoms with E-state index in [1.165, 1.54) is 0 Å². The fourth-order valence-electron chi connectivity index (χ4n) is 1.86. The van der Waals surface area contributed by atoms with Gasteiger partial charge < -0.3 is 16.0 Å². The molecule has 106 valence electrons. The summed E-state index contributed by atoms with van der Waals surface area (Å²) in [7, 11) is 3.88. The predicted octanol–water partition coefficient (Wildman–Crippen LogP) is 0.684. The van der Waals surface area contributed by atoms with E-state index in [4.69, 9.17) is 5.73 Å². The Balaban J connectivity index is 2.16. The van der Waals surface area contributed by atoms with Crippen LogP contribution in [0.25, 0.3) is 0 Å². The third-order valence-electron chi connectivity index (χ3n) is 2.78. The van der Waals surface area contributed by atoms with Gasteiger partial charge in [0.15, 0.2) is 0 Å². The summed E-state index contributed by atoms with van der Waals surface area (Å²) >= 11 is 0. The lowest BCUT2D eigenvalue weighted by Gasteiger charge is -2.22. The smallest absolute Gasteiger partial charge is 0.277 e. The zero-order chi connectivity index (χ0) is 14.5. The molecule has 0 aliphatic rings. The van der Waals surface area contributed by atoms with E-state index in [-0.39, 0.29) is 17.6 Å². The molecule has 2 aromatic rings. The van der Waals surface area contributed by atoms with Crippen LogP contribution in [-0.2, 0) is 0 Å². The molecule has 1 heterocycles. The predicted molar refractivity (Wildman–Crippen MR) is 73.9 cm³/mol. The van der Waals surface area contributed by atoms with Crippen molar-refractivity contribution in [1.82, 2.24) is 20.5 Å². The molecule has 0 aliphatic heterocycles. The van der Waals surface area contributed by atoms with Crippen molar-refractivity contribution in [2.24, 2.45) is 0 Å². The lowest BCUT2D eigenvalue weighted by atomic mass is 10.1. The molecule has 7 nitrogen and oxygen atoms in total. The Morgan fingerprint density at radius 2 is 2.05 bits per heavy atom. The topological polar surface area (TPSA) is 97.3 Å². The third kappa shape index (κ3) is 3.33. The number of rotatable bonds is 5. The van der Waals surface area contributed by atoms with Crippen molar-refractivity contribution in [1.29, 1.82) is 0 Å². The number of nitrogen functional groups attached to an aromatic ring is 1. The van der Waals surface area contributed by atoms with Crippen molar-refractivity contribution >= 4 is 11.7 Å². The second kappa shape index (κ2) is 6.16. The van der Waals surface area contributed by atoms with Gasteiger partial charge in [0.25, 0.3) is 5.91 Å². The number of hydrogen-bond acceptors (Lipinski definition) is 6. The highest BCUT2D eigenvalue weighted by Gasteiger charge is 2.21. The van der Waals surface area contributed by atoms with Crippen LogP contribution in [0.5, 0.6) is 0 Å². The summed E-state index contributed by atoms with van der Waals surface area (Å²) in [5.74, 6) is -0.418. The largest absolute Gasteiger partial charge is 0.379 e. The standard InChI is InChI=1S/C13H17N5O2/c1-18(2)8-10(9-6-4-3-5-7-9)15-13(19)11-12(14)17-20-16-11/h3-7,10H,8H2,1-2H3,(H2,14,17)(H,15,19)/t10-/m0/s1. The monoisotopic (exact) mass is 275 g/mol. The zero-order valence-electron chi connectivity index (χ0n) is 11.4. The van der Waals surface area contributed by atoms with Gasteiger partial charge in [0.05, 0.1) is 6.04 Å². The van der Waals surface area contributed by atoms with Gasteiger partial charge in [-0.2, -0.15) is 0 Å². The van der Waals surface area contributed by atoms with Crippen LogP contribution in [0.3, 0.4) is 0 Å². The van der Waals surface area contributed by atoms with E-state index in [2.05, 4.69) is 20.3 Å². The molecule has 0 bridgehead atoms. The van der Waals surface area contributed by atoms with E-state index >= 15 is 0 Å². The van der Waals surface area contributed by atoms with Crippen LogP contribution in [0.2, 0.25) is 0 Å². The molecule has 1 amide bonds. The number of nitrogens with two attached hydrogens (primary N) is 1. The second-order valence-electron chi connectivity index (χ2n) is 4.70. The van der Waals surface area contributed by atoms with Gasteiger partial charge in [-0.25, -0.2) is 4.63 Å². The lowest BCUT2D eigenvalue weighted by Crippen LogP contribution is -2.35. The quantitative estimate of drug-likeness (QED) is 0.833. The summed E-state index contributed by atoms with van der Waals surface area (Å²) in [5, 5.41) is 9.79. The van der Waals surface area contributed by atoms with Crippen LogP contribution in [0.4, 0.5) is 5.82 Å². The molecule has 1 aromatic heterocycles. The molecule has 0 saturated carbocycles. The Morgan fingerprint density at radius 3 is 2.60 bits per heavy atom. The van der Waals surface area contributed by atoms with E-state index in [0.29, 0.717) is 6.54 Å². The Hall–Kier alpha value is -2.41. The summed E-state index contributed by atoms with van der Waals surface area (Å²) in [6.07, 6.45) is 0. The van der Waals surface area contributed by atoms with Crippen molar-refractivity contribution in [3.05, 3.63) is 41.6 Å². The number of aromatic nitrogens is 2. The number of anilines is 1. The molecule has 0 fully saturated rings. The lowest BCUT2D eigenvalue weighted by molar-refractivity contribution is 0.0920.